The van der Waals surface area contributed by atoms with Crippen molar-refractivity contribution in [1.29, 1.82) is 0 Å². The lowest BCUT2D eigenvalue weighted by molar-refractivity contribution is -0.192. The van der Waals surface area contributed by atoms with Gasteiger partial charge in [0.2, 0.25) is 5.91 Å². The summed E-state index contributed by atoms with van der Waals surface area (Å²) in [5.74, 6) is -2.67. The fourth-order valence-electron chi connectivity index (χ4n) is 1.37. The van der Waals surface area contributed by atoms with Gasteiger partial charge in [-0.3, -0.25) is 4.79 Å². The summed E-state index contributed by atoms with van der Waals surface area (Å²) in [6.07, 6.45) is -2.42. The molecule has 0 bridgehead atoms. The van der Waals surface area contributed by atoms with E-state index in [1.807, 2.05) is 0 Å². The van der Waals surface area contributed by atoms with E-state index in [0.29, 0.717) is 0 Å². The summed E-state index contributed by atoms with van der Waals surface area (Å²) >= 11 is 0. The van der Waals surface area contributed by atoms with Crippen molar-refractivity contribution in [3.63, 3.8) is 0 Å². The number of fused-ring (bicyclic) bond motifs is 1. The van der Waals surface area contributed by atoms with Gasteiger partial charge in [-0.2, -0.15) is 18.3 Å². The van der Waals surface area contributed by atoms with Gasteiger partial charge in [-0.15, -0.1) is 0 Å². The molecule has 0 spiro atoms. The molecule has 17 heavy (non-hydrogen) atoms. The standard InChI is InChI=1S/C6H9N3O.C2HF3O2/c10-6-4-3-8-9-5(4)1-2-7-6;3-2(4,5)1(6)7/h3-5,9H,1-2H2,(H,7,10);(H,6,7). The van der Waals surface area contributed by atoms with Gasteiger partial charge >= 0.3 is 12.1 Å². The largest absolute Gasteiger partial charge is 0.490 e. The second-order valence-corrected chi connectivity index (χ2v) is 3.42. The number of hydrogen-bond acceptors (Lipinski definition) is 4. The zero-order chi connectivity index (χ0) is 13.1. The van der Waals surface area contributed by atoms with Crippen LogP contribution in [-0.2, 0) is 9.59 Å². The summed E-state index contributed by atoms with van der Waals surface area (Å²) in [5, 5.41) is 13.8. The maximum absolute atomic E-state index is 11.0. The van der Waals surface area contributed by atoms with E-state index < -0.39 is 12.1 Å². The highest BCUT2D eigenvalue weighted by Gasteiger charge is 2.38. The minimum absolute atomic E-state index is 0.0197. The number of hydrazone groups is 1. The molecule has 2 heterocycles. The van der Waals surface area contributed by atoms with E-state index in [1.165, 1.54) is 0 Å². The van der Waals surface area contributed by atoms with Crippen LogP contribution in [0.4, 0.5) is 13.2 Å². The van der Waals surface area contributed by atoms with Crippen molar-refractivity contribution in [1.82, 2.24) is 10.7 Å². The fraction of sp³-hybridized carbons (Fsp3) is 0.625. The molecule has 0 aromatic heterocycles. The number of carbonyl (C=O) groups is 2. The van der Waals surface area contributed by atoms with E-state index in [1.54, 1.807) is 6.21 Å². The average molecular weight is 253 g/mol. The molecule has 2 aliphatic heterocycles. The van der Waals surface area contributed by atoms with Gasteiger partial charge in [0.25, 0.3) is 0 Å². The van der Waals surface area contributed by atoms with Gasteiger partial charge in [0.05, 0.1) is 12.0 Å². The van der Waals surface area contributed by atoms with Crippen LogP contribution in [0.3, 0.4) is 0 Å². The van der Waals surface area contributed by atoms with Crippen LogP contribution in [-0.4, -0.2) is 42.0 Å². The van der Waals surface area contributed by atoms with Crippen LogP contribution in [0.1, 0.15) is 6.42 Å². The second-order valence-electron chi connectivity index (χ2n) is 3.42. The lowest BCUT2D eigenvalue weighted by Crippen LogP contribution is -2.47. The predicted molar refractivity (Wildman–Crippen MR) is 50.2 cm³/mol. The number of carbonyl (C=O) groups excluding carboxylic acids is 1. The number of alkyl halides is 3. The van der Waals surface area contributed by atoms with Gasteiger partial charge in [-0.1, -0.05) is 0 Å². The van der Waals surface area contributed by atoms with E-state index in [9.17, 15) is 18.0 Å². The minimum Gasteiger partial charge on any atom is -0.475 e. The van der Waals surface area contributed by atoms with Gasteiger partial charge in [0.15, 0.2) is 0 Å². The lowest BCUT2D eigenvalue weighted by atomic mass is 9.95. The van der Waals surface area contributed by atoms with Gasteiger partial charge < -0.3 is 15.8 Å². The Labute approximate surface area is 93.9 Å². The molecule has 1 saturated heterocycles. The number of amides is 1. The third-order valence-corrected chi connectivity index (χ3v) is 2.21. The SMILES string of the molecule is O=C(O)C(F)(F)F.O=C1NCCC2NN=CC12. The van der Waals surface area contributed by atoms with E-state index >= 15 is 0 Å². The summed E-state index contributed by atoms with van der Waals surface area (Å²) in [5.41, 5.74) is 2.90. The third kappa shape index (κ3) is 3.61. The highest BCUT2D eigenvalue weighted by Crippen LogP contribution is 2.14. The molecule has 0 aliphatic carbocycles. The molecule has 1 amide bonds. The van der Waals surface area contributed by atoms with E-state index in [0.717, 1.165) is 13.0 Å². The second kappa shape index (κ2) is 5.02. The van der Waals surface area contributed by atoms with Crippen molar-refractivity contribution >= 4 is 18.1 Å². The molecule has 2 atom stereocenters. The van der Waals surface area contributed by atoms with Crippen molar-refractivity contribution in [2.45, 2.75) is 18.6 Å². The average Bonchev–Trinajstić information content (AvgIpc) is 2.66. The number of piperidine rings is 1. The number of nitrogens with one attached hydrogen (secondary N) is 2. The molecule has 0 aromatic carbocycles. The molecule has 0 saturated carbocycles. The van der Waals surface area contributed by atoms with E-state index in [2.05, 4.69) is 15.8 Å². The molecule has 9 heteroatoms. The van der Waals surface area contributed by atoms with Crippen molar-refractivity contribution in [3.8, 4) is 0 Å². The number of rotatable bonds is 0. The molecule has 2 rings (SSSR count). The van der Waals surface area contributed by atoms with Crippen molar-refractivity contribution in [2.75, 3.05) is 6.54 Å². The maximum atomic E-state index is 11.0. The summed E-state index contributed by atoms with van der Waals surface area (Å²) in [7, 11) is 0. The summed E-state index contributed by atoms with van der Waals surface area (Å²) < 4.78 is 31.7. The number of nitrogens with zero attached hydrogens (tertiary/aromatic N) is 1. The van der Waals surface area contributed by atoms with E-state index in [-0.39, 0.29) is 17.9 Å². The van der Waals surface area contributed by atoms with Gasteiger partial charge in [0.1, 0.15) is 0 Å². The van der Waals surface area contributed by atoms with Crippen LogP contribution in [0.25, 0.3) is 0 Å². The number of carboxylic acids is 1. The summed E-state index contributed by atoms with van der Waals surface area (Å²) in [6, 6.07) is 0.258. The number of halogens is 3. The third-order valence-electron chi connectivity index (χ3n) is 2.21. The summed E-state index contributed by atoms with van der Waals surface area (Å²) in [6.45, 7) is 0.774. The Bertz CT molecular complexity index is 343. The molecular weight excluding hydrogens is 243 g/mol. The van der Waals surface area contributed by atoms with Gasteiger partial charge in [-0.05, 0) is 6.42 Å². The molecule has 3 N–H and O–H groups in total. The normalized spacial score (nSPS) is 26.2. The smallest absolute Gasteiger partial charge is 0.475 e. The zero-order valence-electron chi connectivity index (χ0n) is 8.49. The lowest BCUT2D eigenvalue weighted by Gasteiger charge is -2.22. The Morgan fingerprint density at radius 1 is 1.53 bits per heavy atom. The number of carboxylic acid groups (broad SMARTS) is 1. The van der Waals surface area contributed by atoms with Crippen LogP contribution in [0.2, 0.25) is 0 Å². The Morgan fingerprint density at radius 2 is 2.12 bits per heavy atom. The van der Waals surface area contributed by atoms with Crippen LogP contribution in [0.5, 0.6) is 0 Å². The van der Waals surface area contributed by atoms with Crippen LogP contribution in [0.15, 0.2) is 5.10 Å². The summed E-state index contributed by atoms with van der Waals surface area (Å²) in [4.78, 5) is 19.9. The van der Waals surface area contributed by atoms with E-state index in [4.69, 9.17) is 9.90 Å². The monoisotopic (exact) mass is 253 g/mol. The van der Waals surface area contributed by atoms with Crippen molar-refractivity contribution < 1.29 is 27.9 Å². The zero-order valence-corrected chi connectivity index (χ0v) is 8.49. The minimum atomic E-state index is -5.08. The van der Waals surface area contributed by atoms with Crippen molar-refractivity contribution in [2.24, 2.45) is 11.0 Å². The van der Waals surface area contributed by atoms with Crippen LogP contribution >= 0.6 is 0 Å². The van der Waals surface area contributed by atoms with Crippen molar-refractivity contribution in [3.05, 3.63) is 0 Å². The Kier molecular flexibility index (Phi) is 3.92. The highest BCUT2D eigenvalue weighted by atomic mass is 19.4. The topological polar surface area (TPSA) is 90.8 Å². The molecule has 2 unspecified atom stereocenters. The quantitative estimate of drug-likeness (QED) is 0.553. The first-order valence-corrected chi connectivity index (χ1v) is 4.69. The number of hydrogen-bond donors (Lipinski definition) is 3. The molecule has 1 fully saturated rings. The molecule has 96 valence electrons. The molecule has 2 aliphatic rings. The molecule has 0 aromatic rings. The first-order valence-electron chi connectivity index (χ1n) is 4.69. The Hall–Kier alpha value is -1.80. The molecule has 6 nitrogen and oxygen atoms in total. The predicted octanol–water partition coefficient (Wildman–Crippen LogP) is -0.287. The Morgan fingerprint density at radius 3 is 2.59 bits per heavy atom. The highest BCUT2D eigenvalue weighted by molar-refractivity contribution is 5.95. The van der Waals surface area contributed by atoms with Gasteiger partial charge in [-0.25, -0.2) is 4.79 Å². The first kappa shape index (κ1) is 13.3. The first-order chi connectivity index (χ1) is 7.82. The van der Waals surface area contributed by atoms with Crippen LogP contribution in [0, 0.1) is 5.92 Å². The molecular formula is C8H10F3N3O3. The molecule has 0 radical (unpaired) electrons. The fourth-order valence-corrected chi connectivity index (χ4v) is 1.37. The Balaban J connectivity index is 0.000000185. The number of aliphatic carboxylic acids is 1. The van der Waals surface area contributed by atoms with Gasteiger partial charge in [0, 0.05) is 12.8 Å². The van der Waals surface area contributed by atoms with Crippen LogP contribution < -0.4 is 10.7 Å². The maximum Gasteiger partial charge on any atom is 0.490 e.